The van der Waals surface area contributed by atoms with E-state index in [1.54, 1.807) is 0 Å². The zero-order chi connectivity index (χ0) is 34.9. The molecule has 43 heavy (non-hydrogen) atoms. The first-order chi connectivity index (χ1) is 18.7. The summed E-state index contributed by atoms with van der Waals surface area (Å²) in [6.07, 6.45) is -7.21. The summed E-state index contributed by atoms with van der Waals surface area (Å²) < 4.78 is 280. The summed E-state index contributed by atoms with van der Waals surface area (Å²) in [6, 6.07) is 0. The standard InChI is InChI=1S/C21H22F21I/c1-2-3-4-5-6-7-8-9-11(43)10-12(22,23)13(24,25)14(26,27)15(28,29)16(30,31)17(32,33)18(34,35)19(36,37)20(38,39)21(40,41)42/h11H,2-10H2,1H3. The molecule has 1 unspecified atom stereocenters. The van der Waals surface area contributed by atoms with Crippen LogP contribution in [-0.2, 0) is 0 Å². The van der Waals surface area contributed by atoms with Crippen molar-refractivity contribution in [2.24, 2.45) is 0 Å². The number of hydrogen-bond acceptors (Lipinski definition) is 0. The molecule has 0 aromatic rings. The van der Waals surface area contributed by atoms with E-state index in [9.17, 15) is 92.2 Å². The van der Waals surface area contributed by atoms with Crippen LogP contribution in [0.3, 0.4) is 0 Å². The Morgan fingerprint density at radius 2 is 0.674 bits per heavy atom. The highest BCUT2D eigenvalue weighted by Crippen LogP contribution is 2.66. The zero-order valence-corrected chi connectivity index (χ0v) is 23.4. The molecule has 0 saturated carbocycles. The van der Waals surface area contributed by atoms with E-state index < -0.39 is 76.2 Å². The lowest BCUT2D eigenvalue weighted by Gasteiger charge is -2.44. The first kappa shape index (κ1) is 42.3. The summed E-state index contributed by atoms with van der Waals surface area (Å²) in [6.45, 7) is 1.87. The monoisotopic (exact) mass is 800 g/mol. The van der Waals surface area contributed by atoms with Gasteiger partial charge in [-0.05, 0) is 6.42 Å². The number of alkyl halides is 22. The lowest BCUT2D eigenvalue weighted by molar-refractivity contribution is -0.474. The molecule has 0 saturated heterocycles. The minimum absolute atomic E-state index is 0.0376. The first-order valence-electron chi connectivity index (χ1n) is 11.8. The van der Waals surface area contributed by atoms with E-state index in [2.05, 4.69) is 0 Å². The molecular formula is C21H22F21I. The normalized spacial score (nSPS) is 16.5. The Balaban J connectivity index is 6.34. The fourth-order valence-electron chi connectivity index (χ4n) is 3.42. The Morgan fingerprint density at radius 3 is 1.00 bits per heavy atom. The van der Waals surface area contributed by atoms with Gasteiger partial charge in [0.2, 0.25) is 0 Å². The Hall–Kier alpha value is -0.740. The Labute approximate surface area is 243 Å². The van der Waals surface area contributed by atoms with Crippen LogP contribution >= 0.6 is 22.6 Å². The Bertz CT molecular complexity index is 892. The number of rotatable bonds is 18. The molecule has 0 aliphatic rings. The summed E-state index contributed by atoms with van der Waals surface area (Å²) in [5.74, 6) is -76.4. The fraction of sp³-hybridized carbons (Fsp3) is 1.00. The smallest absolute Gasteiger partial charge is 0.200 e. The van der Waals surface area contributed by atoms with Gasteiger partial charge in [0, 0.05) is 10.3 Å². The van der Waals surface area contributed by atoms with Gasteiger partial charge >= 0.3 is 59.5 Å². The van der Waals surface area contributed by atoms with Crippen molar-refractivity contribution in [2.45, 2.75) is 128 Å². The Kier molecular flexibility index (Phi) is 12.9. The van der Waals surface area contributed by atoms with E-state index in [0.29, 0.717) is 12.8 Å². The Morgan fingerprint density at radius 1 is 0.395 bits per heavy atom. The molecule has 0 radical (unpaired) electrons. The van der Waals surface area contributed by atoms with E-state index >= 15 is 0 Å². The molecule has 0 heterocycles. The van der Waals surface area contributed by atoms with Crippen LogP contribution < -0.4 is 0 Å². The summed E-state index contributed by atoms with van der Waals surface area (Å²) in [5.41, 5.74) is 0. The van der Waals surface area contributed by atoms with Gasteiger partial charge in [-0.3, -0.25) is 0 Å². The molecule has 22 heteroatoms. The quantitative estimate of drug-likeness (QED) is 0.0561. The van der Waals surface area contributed by atoms with Crippen molar-refractivity contribution in [1.82, 2.24) is 0 Å². The number of halogens is 22. The maximum atomic E-state index is 14.1. The molecule has 260 valence electrons. The van der Waals surface area contributed by atoms with Crippen LogP contribution in [0, 0.1) is 0 Å². The summed E-state index contributed by atoms with van der Waals surface area (Å²) in [5, 5.41) is 0. The highest BCUT2D eigenvalue weighted by Gasteiger charge is 2.97. The third kappa shape index (κ3) is 7.16. The van der Waals surface area contributed by atoms with Crippen LogP contribution in [0.15, 0.2) is 0 Å². The number of hydrogen-bond donors (Lipinski definition) is 0. The number of unbranched alkanes of at least 4 members (excludes halogenated alkanes) is 6. The first-order valence-corrected chi connectivity index (χ1v) is 13.1. The maximum Gasteiger partial charge on any atom is 0.460 e. The van der Waals surface area contributed by atoms with Crippen molar-refractivity contribution >= 4 is 22.6 Å². The van der Waals surface area contributed by atoms with E-state index in [0.717, 1.165) is 41.9 Å². The second kappa shape index (κ2) is 13.2. The highest BCUT2D eigenvalue weighted by molar-refractivity contribution is 14.1. The molecule has 0 aromatic carbocycles. The van der Waals surface area contributed by atoms with Gasteiger partial charge in [-0.25, -0.2) is 0 Å². The van der Waals surface area contributed by atoms with Gasteiger partial charge in [0.05, 0.1) is 0 Å². The molecule has 0 N–H and O–H groups in total. The molecule has 1 atom stereocenters. The minimum Gasteiger partial charge on any atom is -0.200 e. The molecule has 0 fully saturated rings. The average molecular weight is 800 g/mol. The largest absolute Gasteiger partial charge is 0.460 e. The minimum atomic E-state index is -9.14. The van der Waals surface area contributed by atoms with E-state index in [-0.39, 0.29) is 12.8 Å². The molecule has 0 aliphatic carbocycles. The van der Waals surface area contributed by atoms with Crippen LogP contribution in [0.2, 0.25) is 0 Å². The van der Waals surface area contributed by atoms with Gasteiger partial charge in [0.1, 0.15) is 0 Å². The van der Waals surface area contributed by atoms with Crippen LogP contribution in [0.1, 0.15) is 64.7 Å². The molecule has 0 bridgehead atoms. The van der Waals surface area contributed by atoms with Gasteiger partial charge in [-0.15, -0.1) is 0 Å². The van der Waals surface area contributed by atoms with E-state index in [1.165, 1.54) is 0 Å². The molecule has 0 rings (SSSR count). The van der Waals surface area contributed by atoms with Gasteiger partial charge in [-0.1, -0.05) is 74.5 Å². The van der Waals surface area contributed by atoms with Crippen molar-refractivity contribution in [2.75, 3.05) is 0 Å². The zero-order valence-electron chi connectivity index (χ0n) is 21.3. The van der Waals surface area contributed by atoms with Crippen molar-refractivity contribution in [3.05, 3.63) is 0 Å². The van der Waals surface area contributed by atoms with Crippen LogP contribution in [-0.4, -0.2) is 63.4 Å². The summed E-state index contributed by atoms with van der Waals surface area (Å²) in [7, 11) is 0. The fourth-order valence-corrected chi connectivity index (χ4v) is 4.42. The van der Waals surface area contributed by atoms with Crippen LogP contribution in [0.5, 0.6) is 0 Å². The lowest BCUT2D eigenvalue weighted by Crippen LogP contribution is -2.76. The average Bonchev–Trinajstić information content (AvgIpc) is 2.81. The van der Waals surface area contributed by atoms with E-state index in [1.807, 2.05) is 6.92 Å². The highest BCUT2D eigenvalue weighted by atomic mass is 127. The molecule has 0 aliphatic heterocycles. The third-order valence-corrected chi connectivity index (χ3v) is 7.24. The summed E-state index contributed by atoms with van der Waals surface area (Å²) >= 11 is 0.933. The topological polar surface area (TPSA) is 0 Å². The van der Waals surface area contributed by atoms with Gasteiger partial charge in [0.25, 0.3) is 0 Å². The SMILES string of the molecule is CCCCCCCCCC(I)CC(F)(F)C(F)(F)C(F)(F)C(F)(F)C(F)(F)C(F)(F)C(F)(F)C(F)(F)C(F)(F)C(F)(F)F. The summed E-state index contributed by atoms with van der Waals surface area (Å²) in [4.78, 5) is 0. The molecule has 0 nitrogen and oxygen atoms in total. The van der Waals surface area contributed by atoms with Crippen molar-refractivity contribution < 1.29 is 92.2 Å². The predicted molar refractivity (Wildman–Crippen MR) is 116 cm³/mol. The third-order valence-electron chi connectivity index (χ3n) is 6.17. The predicted octanol–water partition coefficient (Wildman–Crippen LogP) is 11.6. The molecule has 0 spiro atoms. The second-order valence-electron chi connectivity index (χ2n) is 9.51. The van der Waals surface area contributed by atoms with Crippen LogP contribution in [0.25, 0.3) is 0 Å². The molecular weight excluding hydrogens is 778 g/mol. The van der Waals surface area contributed by atoms with Crippen molar-refractivity contribution in [1.29, 1.82) is 0 Å². The van der Waals surface area contributed by atoms with Crippen molar-refractivity contribution in [3.8, 4) is 0 Å². The van der Waals surface area contributed by atoms with Crippen molar-refractivity contribution in [3.63, 3.8) is 0 Å². The van der Waals surface area contributed by atoms with Gasteiger partial charge < -0.3 is 0 Å². The lowest BCUT2D eigenvalue weighted by atomic mass is 9.85. The van der Waals surface area contributed by atoms with E-state index in [4.69, 9.17) is 0 Å². The second-order valence-corrected chi connectivity index (χ2v) is 11.3. The maximum absolute atomic E-state index is 14.1. The molecule has 0 amide bonds. The molecule has 0 aromatic heterocycles. The van der Waals surface area contributed by atoms with Crippen LogP contribution in [0.4, 0.5) is 92.2 Å². The van der Waals surface area contributed by atoms with Gasteiger partial charge in [-0.2, -0.15) is 92.2 Å². The van der Waals surface area contributed by atoms with Gasteiger partial charge in [0.15, 0.2) is 0 Å².